The van der Waals surface area contributed by atoms with Crippen molar-refractivity contribution in [1.29, 1.82) is 0 Å². The molecule has 0 radical (unpaired) electrons. The van der Waals surface area contributed by atoms with Crippen LogP contribution in [0.3, 0.4) is 0 Å². The number of hydrogen-bond acceptors (Lipinski definition) is 3. The third kappa shape index (κ3) is 5.75. The molecule has 0 saturated carbocycles. The Morgan fingerprint density at radius 1 is 1.32 bits per heavy atom. The Morgan fingerprint density at radius 3 is 2.68 bits per heavy atom. The number of carbonyl (C=O) groups excluding carboxylic acids is 1. The maximum absolute atomic E-state index is 11.7. The summed E-state index contributed by atoms with van der Waals surface area (Å²) in [5, 5.41) is 5.89. The Morgan fingerprint density at radius 2 is 2.05 bits per heavy atom. The number of carbonyl (C=O) groups is 1. The quantitative estimate of drug-likeness (QED) is 0.788. The maximum Gasteiger partial charge on any atom is 0.224 e. The zero-order valence-corrected chi connectivity index (χ0v) is 12.2. The highest BCUT2D eigenvalue weighted by atomic mass is 16.5. The molecule has 1 rings (SSSR count). The van der Waals surface area contributed by atoms with Gasteiger partial charge >= 0.3 is 0 Å². The first-order chi connectivity index (χ1) is 9.02. The lowest BCUT2D eigenvalue weighted by atomic mass is 10.1. The highest BCUT2D eigenvalue weighted by molar-refractivity contribution is 5.78. The third-order valence-electron chi connectivity index (χ3n) is 2.85. The summed E-state index contributed by atoms with van der Waals surface area (Å²) in [6, 6.07) is 7.90. The van der Waals surface area contributed by atoms with Gasteiger partial charge in [-0.3, -0.25) is 4.79 Å². The molecule has 2 unspecified atom stereocenters. The molecule has 0 saturated heterocycles. The fourth-order valence-electron chi connectivity index (χ4n) is 1.78. The number of aryl methyl sites for hydroxylation is 1. The van der Waals surface area contributed by atoms with E-state index in [0.29, 0.717) is 13.1 Å². The number of benzene rings is 1. The minimum atomic E-state index is -0.0486. The largest absolute Gasteiger partial charge is 0.489 e. The van der Waals surface area contributed by atoms with Crippen LogP contribution in [0.5, 0.6) is 5.75 Å². The van der Waals surface area contributed by atoms with Gasteiger partial charge in [-0.05, 0) is 38.6 Å². The molecule has 0 aliphatic heterocycles. The summed E-state index contributed by atoms with van der Waals surface area (Å²) in [6.07, 6.45) is -0.0486. The van der Waals surface area contributed by atoms with Crippen LogP contribution in [0.2, 0.25) is 0 Å². The average Bonchev–Trinajstić information content (AvgIpc) is 2.36. The Labute approximate surface area is 115 Å². The van der Waals surface area contributed by atoms with Crippen LogP contribution in [0.15, 0.2) is 24.3 Å². The molecule has 19 heavy (non-hydrogen) atoms. The average molecular weight is 264 g/mol. The van der Waals surface area contributed by atoms with Gasteiger partial charge in [0.1, 0.15) is 11.9 Å². The molecule has 0 aliphatic rings. The van der Waals surface area contributed by atoms with Gasteiger partial charge in [-0.15, -0.1) is 0 Å². The molecule has 4 nitrogen and oxygen atoms in total. The van der Waals surface area contributed by atoms with Gasteiger partial charge in [-0.25, -0.2) is 0 Å². The summed E-state index contributed by atoms with van der Waals surface area (Å²) < 4.78 is 5.75. The summed E-state index contributed by atoms with van der Waals surface area (Å²) in [5.41, 5.74) is 1.16. The fraction of sp³-hybridized carbons (Fsp3) is 0.533. The number of hydrogen-bond donors (Lipinski definition) is 2. The van der Waals surface area contributed by atoms with Gasteiger partial charge in [0.05, 0.1) is 6.54 Å². The van der Waals surface area contributed by atoms with E-state index in [1.807, 2.05) is 52.1 Å². The van der Waals surface area contributed by atoms with Gasteiger partial charge in [0.15, 0.2) is 0 Å². The predicted octanol–water partition coefficient (Wildman–Crippen LogP) is 1.73. The molecule has 1 aromatic carbocycles. The summed E-state index contributed by atoms with van der Waals surface area (Å²) in [6.45, 7) is 7.07. The SMILES string of the molecule is CNCC(C)C(=O)NCC(C)Oc1cccc(C)c1. The zero-order valence-electron chi connectivity index (χ0n) is 12.2. The summed E-state index contributed by atoms with van der Waals surface area (Å²) >= 11 is 0. The molecule has 1 aromatic rings. The van der Waals surface area contributed by atoms with Gasteiger partial charge in [0, 0.05) is 12.5 Å². The van der Waals surface area contributed by atoms with Crippen LogP contribution in [0.4, 0.5) is 0 Å². The predicted molar refractivity (Wildman–Crippen MR) is 77.4 cm³/mol. The molecule has 0 heterocycles. The van der Waals surface area contributed by atoms with Crippen molar-refractivity contribution in [1.82, 2.24) is 10.6 Å². The summed E-state index contributed by atoms with van der Waals surface area (Å²) in [7, 11) is 1.84. The van der Waals surface area contributed by atoms with Crippen LogP contribution >= 0.6 is 0 Å². The molecular formula is C15H24N2O2. The molecule has 106 valence electrons. The molecule has 4 heteroatoms. The maximum atomic E-state index is 11.7. The Hall–Kier alpha value is -1.55. The lowest BCUT2D eigenvalue weighted by Gasteiger charge is -2.17. The monoisotopic (exact) mass is 264 g/mol. The van der Waals surface area contributed by atoms with Crippen LogP contribution in [0, 0.1) is 12.8 Å². The zero-order chi connectivity index (χ0) is 14.3. The molecule has 1 amide bonds. The lowest BCUT2D eigenvalue weighted by molar-refractivity contribution is -0.124. The van der Waals surface area contributed by atoms with E-state index in [9.17, 15) is 4.79 Å². The minimum Gasteiger partial charge on any atom is -0.489 e. The van der Waals surface area contributed by atoms with Crippen LogP contribution in [-0.2, 0) is 4.79 Å². The number of ether oxygens (including phenoxy) is 1. The molecule has 0 aromatic heterocycles. The third-order valence-corrected chi connectivity index (χ3v) is 2.85. The lowest BCUT2D eigenvalue weighted by Crippen LogP contribution is -2.39. The second-order valence-electron chi connectivity index (χ2n) is 4.95. The summed E-state index contributed by atoms with van der Waals surface area (Å²) in [4.78, 5) is 11.7. The molecule has 2 N–H and O–H groups in total. The van der Waals surface area contributed by atoms with Crippen molar-refractivity contribution in [3.63, 3.8) is 0 Å². The van der Waals surface area contributed by atoms with Crippen molar-refractivity contribution in [3.8, 4) is 5.75 Å². The van der Waals surface area contributed by atoms with Crippen LogP contribution in [0.1, 0.15) is 19.4 Å². The Balaban J connectivity index is 2.35. The van der Waals surface area contributed by atoms with Gasteiger partial charge in [0.25, 0.3) is 0 Å². The second kappa shape index (κ2) is 7.79. The molecule has 0 aliphatic carbocycles. The highest BCUT2D eigenvalue weighted by Crippen LogP contribution is 2.13. The smallest absolute Gasteiger partial charge is 0.224 e. The molecule has 0 bridgehead atoms. The van der Waals surface area contributed by atoms with E-state index in [2.05, 4.69) is 10.6 Å². The number of nitrogens with one attached hydrogen (secondary N) is 2. The Bertz CT molecular complexity index is 407. The molecule has 2 atom stereocenters. The highest BCUT2D eigenvalue weighted by Gasteiger charge is 2.13. The normalized spacial score (nSPS) is 13.7. The standard InChI is InChI=1S/C15H24N2O2/c1-11-6-5-7-14(8-11)19-13(3)10-17-15(18)12(2)9-16-4/h5-8,12-13,16H,9-10H2,1-4H3,(H,17,18). The van der Waals surface area contributed by atoms with E-state index in [0.717, 1.165) is 11.3 Å². The van der Waals surface area contributed by atoms with Crippen LogP contribution in [0.25, 0.3) is 0 Å². The van der Waals surface area contributed by atoms with Gasteiger partial charge < -0.3 is 15.4 Å². The topological polar surface area (TPSA) is 50.4 Å². The molecule has 0 fully saturated rings. The van der Waals surface area contributed by atoms with Crippen molar-refractivity contribution in [2.24, 2.45) is 5.92 Å². The van der Waals surface area contributed by atoms with Crippen LogP contribution in [-0.4, -0.2) is 32.1 Å². The van der Waals surface area contributed by atoms with E-state index in [1.165, 1.54) is 0 Å². The fourth-order valence-corrected chi connectivity index (χ4v) is 1.78. The van der Waals surface area contributed by atoms with Gasteiger partial charge in [-0.1, -0.05) is 19.1 Å². The van der Waals surface area contributed by atoms with Crippen molar-refractivity contribution < 1.29 is 9.53 Å². The molecule has 0 spiro atoms. The van der Waals surface area contributed by atoms with E-state index < -0.39 is 0 Å². The minimum absolute atomic E-state index is 0.0313. The second-order valence-corrected chi connectivity index (χ2v) is 4.95. The number of amides is 1. The van der Waals surface area contributed by atoms with Crippen molar-refractivity contribution in [3.05, 3.63) is 29.8 Å². The number of rotatable bonds is 7. The first-order valence-electron chi connectivity index (χ1n) is 6.68. The van der Waals surface area contributed by atoms with E-state index >= 15 is 0 Å². The van der Waals surface area contributed by atoms with Gasteiger partial charge in [-0.2, -0.15) is 0 Å². The van der Waals surface area contributed by atoms with Crippen LogP contribution < -0.4 is 15.4 Å². The van der Waals surface area contributed by atoms with Crippen molar-refractivity contribution in [2.45, 2.75) is 26.9 Å². The Kier molecular flexibility index (Phi) is 6.36. The van der Waals surface area contributed by atoms with Gasteiger partial charge in [0.2, 0.25) is 5.91 Å². The van der Waals surface area contributed by atoms with E-state index in [1.54, 1.807) is 0 Å². The van der Waals surface area contributed by atoms with E-state index in [4.69, 9.17) is 4.74 Å². The first kappa shape index (κ1) is 15.5. The molecular weight excluding hydrogens is 240 g/mol. The first-order valence-corrected chi connectivity index (χ1v) is 6.68. The van der Waals surface area contributed by atoms with Crippen molar-refractivity contribution in [2.75, 3.05) is 20.1 Å². The van der Waals surface area contributed by atoms with Crippen molar-refractivity contribution >= 4 is 5.91 Å². The summed E-state index contributed by atoms with van der Waals surface area (Å²) in [5.74, 6) is 0.857. The van der Waals surface area contributed by atoms with E-state index in [-0.39, 0.29) is 17.9 Å².